The summed E-state index contributed by atoms with van der Waals surface area (Å²) in [7, 11) is 0. The number of nitrogens with one attached hydrogen (secondary N) is 1. The molecule has 0 spiro atoms. The molecule has 2 unspecified atom stereocenters. The fraction of sp³-hybridized carbons (Fsp3) is 0.588. The number of hydrogen-bond acceptors (Lipinski definition) is 4. The molecule has 4 nitrogen and oxygen atoms in total. The third-order valence-corrected chi connectivity index (χ3v) is 5.08. The quantitative estimate of drug-likeness (QED) is 0.807. The van der Waals surface area contributed by atoms with Gasteiger partial charge in [-0.1, -0.05) is 30.3 Å². The van der Waals surface area contributed by atoms with Crippen molar-refractivity contribution in [2.45, 2.75) is 31.8 Å². The van der Waals surface area contributed by atoms with E-state index in [2.05, 4.69) is 10.2 Å². The number of benzene rings is 1. The average molecular weight is 322 g/mol. The molecule has 5 heteroatoms. The molecule has 1 fully saturated rings. The van der Waals surface area contributed by atoms with Gasteiger partial charge in [0.25, 0.3) is 0 Å². The maximum Gasteiger partial charge on any atom is 0.237 e. The summed E-state index contributed by atoms with van der Waals surface area (Å²) in [5, 5.41) is 12.3. The lowest BCUT2D eigenvalue weighted by Crippen LogP contribution is -2.49. The summed E-state index contributed by atoms with van der Waals surface area (Å²) in [6.07, 6.45) is 1.45. The van der Waals surface area contributed by atoms with Crippen LogP contribution in [0.3, 0.4) is 0 Å². The van der Waals surface area contributed by atoms with Gasteiger partial charge in [0.2, 0.25) is 5.91 Å². The Morgan fingerprint density at radius 1 is 1.32 bits per heavy atom. The number of thioether (sulfide) groups is 1. The fourth-order valence-corrected chi connectivity index (χ4v) is 3.66. The normalized spacial score (nSPS) is 18.6. The lowest BCUT2D eigenvalue weighted by Gasteiger charge is -2.32. The second-order valence-electron chi connectivity index (χ2n) is 5.66. The summed E-state index contributed by atoms with van der Waals surface area (Å²) in [4.78, 5) is 14.8. The zero-order valence-corrected chi connectivity index (χ0v) is 14.0. The van der Waals surface area contributed by atoms with Gasteiger partial charge in [-0.05, 0) is 25.3 Å². The number of nitrogens with zero attached hydrogens (tertiary/aromatic N) is 1. The van der Waals surface area contributed by atoms with Gasteiger partial charge in [0.05, 0.1) is 12.1 Å². The average Bonchev–Trinajstić information content (AvgIpc) is 2.59. The van der Waals surface area contributed by atoms with E-state index in [1.54, 1.807) is 0 Å². The van der Waals surface area contributed by atoms with E-state index in [9.17, 15) is 4.79 Å². The van der Waals surface area contributed by atoms with Crippen molar-refractivity contribution in [1.29, 1.82) is 0 Å². The summed E-state index contributed by atoms with van der Waals surface area (Å²) < 4.78 is 0. The van der Waals surface area contributed by atoms with E-state index >= 15 is 0 Å². The van der Waals surface area contributed by atoms with Gasteiger partial charge < -0.3 is 10.4 Å². The summed E-state index contributed by atoms with van der Waals surface area (Å²) in [5.74, 6) is 2.28. The van der Waals surface area contributed by atoms with Crippen LogP contribution in [-0.4, -0.2) is 53.2 Å². The van der Waals surface area contributed by atoms with Crippen LogP contribution in [0.1, 0.15) is 31.4 Å². The molecule has 0 aliphatic carbocycles. The molecule has 1 heterocycles. The van der Waals surface area contributed by atoms with Gasteiger partial charge in [-0.15, -0.1) is 0 Å². The highest BCUT2D eigenvalue weighted by atomic mass is 32.2. The summed E-state index contributed by atoms with van der Waals surface area (Å²) >= 11 is 1.95. The van der Waals surface area contributed by atoms with E-state index < -0.39 is 0 Å². The zero-order valence-electron chi connectivity index (χ0n) is 13.2. The van der Waals surface area contributed by atoms with Gasteiger partial charge in [0.1, 0.15) is 0 Å². The van der Waals surface area contributed by atoms with Crippen molar-refractivity contribution < 1.29 is 9.90 Å². The van der Waals surface area contributed by atoms with E-state index in [1.807, 2.05) is 49.0 Å². The van der Waals surface area contributed by atoms with E-state index in [-0.39, 0.29) is 24.6 Å². The smallest absolute Gasteiger partial charge is 0.237 e. The Kier molecular flexibility index (Phi) is 7.22. The molecule has 1 aromatic rings. The maximum absolute atomic E-state index is 12.6. The SMILES string of the molecule is CC(C(=O)NC(CCCO)c1ccccc1)N1CCSCC1. The van der Waals surface area contributed by atoms with Gasteiger partial charge in [0, 0.05) is 31.2 Å². The van der Waals surface area contributed by atoms with E-state index in [4.69, 9.17) is 5.11 Å². The summed E-state index contributed by atoms with van der Waals surface area (Å²) in [5.41, 5.74) is 1.10. The first-order valence-electron chi connectivity index (χ1n) is 8.00. The minimum Gasteiger partial charge on any atom is -0.396 e. The topological polar surface area (TPSA) is 52.6 Å². The highest BCUT2D eigenvalue weighted by Gasteiger charge is 2.25. The Balaban J connectivity index is 1.97. The first kappa shape index (κ1) is 17.3. The number of hydrogen-bond donors (Lipinski definition) is 2. The van der Waals surface area contributed by atoms with Crippen LogP contribution in [0.2, 0.25) is 0 Å². The van der Waals surface area contributed by atoms with Gasteiger partial charge in [0.15, 0.2) is 0 Å². The molecule has 2 rings (SSSR count). The standard InChI is InChI=1S/C17H26N2O2S/c1-14(19-9-12-22-13-10-19)17(21)18-16(8-5-11-20)15-6-3-2-4-7-15/h2-4,6-7,14,16,20H,5,8-13H2,1H3,(H,18,21). The van der Waals surface area contributed by atoms with Crippen LogP contribution in [0, 0.1) is 0 Å². The second-order valence-corrected chi connectivity index (χ2v) is 6.89. The molecule has 2 atom stereocenters. The maximum atomic E-state index is 12.6. The molecule has 1 saturated heterocycles. The molecule has 1 amide bonds. The van der Waals surface area contributed by atoms with E-state index in [0.717, 1.165) is 36.6 Å². The molecule has 0 bridgehead atoms. The van der Waals surface area contributed by atoms with Gasteiger partial charge in [-0.2, -0.15) is 11.8 Å². The molecule has 2 N–H and O–H groups in total. The lowest BCUT2D eigenvalue weighted by molar-refractivity contribution is -0.126. The van der Waals surface area contributed by atoms with Crippen molar-refractivity contribution >= 4 is 17.7 Å². The van der Waals surface area contributed by atoms with Crippen molar-refractivity contribution in [1.82, 2.24) is 10.2 Å². The zero-order chi connectivity index (χ0) is 15.8. The Morgan fingerprint density at radius 3 is 2.64 bits per heavy atom. The van der Waals surface area contributed by atoms with Crippen LogP contribution >= 0.6 is 11.8 Å². The van der Waals surface area contributed by atoms with Gasteiger partial charge in [-0.25, -0.2) is 0 Å². The predicted octanol–water partition coefficient (Wildman–Crippen LogP) is 2.05. The number of carbonyl (C=O) groups is 1. The largest absolute Gasteiger partial charge is 0.396 e. The number of aliphatic hydroxyl groups excluding tert-OH is 1. The predicted molar refractivity (Wildman–Crippen MR) is 92.0 cm³/mol. The van der Waals surface area contributed by atoms with Crippen LogP contribution < -0.4 is 5.32 Å². The van der Waals surface area contributed by atoms with Crippen molar-refractivity contribution in [3.63, 3.8) is 0 Å². The number of carbonyl (C=O) groups excluding carboxylic acids is 1. The van der Waals surface area contributed by atoms with Crippen LogP contribution in [-0.2, 0) is 4.79 Å². The number of aliphatic hydroxyl groups is 1. The van der Waals surface area contributed by atoms with E-state index in [1.165, 1.54) is 0 Å². The van der Waals surface area contributed by atoms with Crippen LogP contribution in [0.5, 0.6) is 0 Å². The molecule has 0 saturated carbocycles. The van der Waals surface area contributed by atoms with Crippen LogP contribution in [0.15, 0.2) is 30.3 Å². The Labute approximate surface area is 137 Å². The third kappa shape index (κ3) is 5.00. The molecule has 1 aromatic carbocycles. The molecule has 0 aromatic heterocycles. The fourth-order valence-electron chi connectivity index (χ4n) is 2.73. The van der Waals surface area contributed by atoms with Gasteiger partial charge >= 0.3 is 0 Å². The highest BCUT2D eigenvalue weighted by molar-refractivity contribution is 7.99. The number of rotatable bonds is 7. The molecule has 1 aliphatic heterocycles. The van der Waals surface area contributed by atoms with Crippen LogP contribution in [0.25, 0.3) is 0 Å². The van der Waals surface area contributed by atoms with Crippen molar-refractivity contribution in [3.05, 3.63) is 35.9 Å². The minimum atomic E-state index is -0.0961. The second kappa shape index (κ2) is 9.18. The van der Waals surface area contributed by atoms with Crippen molar-refractivity contribution in [2.75, 3.05) is 31.2 Å². The molecule has 122 valence electrons. The molecular formula is C17H26N2O2S. The molecular weight excluding hydrogens is 296 g/mol. The first-order chi connectivity index (χ1) is 10.7. The highest BCUT2D eigenvalue weighted by Crippen LogP contribution is 2.19. The number of amides is 1. The molecule has 1 aliphatic rings. The van der Waals surface area contributed by atoms with Crippen molar-refractivity contribution in [2.24, 2.45) is 0 Å². The first-order valence-corrected chi connectivity index (χ1v) is 9.16. The minimum absolute atomic E-state index is 0.0255. The van der Waals surface area contributed by atoms with Gasteiger partial charge in [-0.3, -0.25) is 9.69 Å². The third-order valence-electron chi connectivity index (χ3n) is 4.14. The van der Waals surface area contributed by atoms with E-state index in [0.29, 0.717) is 6.42 Å². The lowest BCUT2D eigenvalue weighted by atomic mass is 10.0. The van der Waals surface area contributed by atoms with Crippen molar-refractivity contribution in [3.8, 4) is 0 Å². The Morgan fingerprint density at radius 2 is 2.00 bits per heavy atom. The van der Waals surface area contributed by atoms with Crippen LogP contribution in [0.4, 0.5) is 0 Å². The Hall–Kier alpha value is -1.04. The Bertz CT molecular complexity index is 449. The summed E-state index contributed by atoms with van der Waals surface area (Å²) in [6.45, 7) is 4.09. The summed E-state index contributed by atoms with van der Waals surface area (Å²) in [6, 6.07) is 9.89. The molecule has 0 radical (unpaired) electrons. The monoisotopic (exact) mass is 322 g/mol. The molecule has 22 heavy (non-hydrogen) atoms.